The van der Waals surface area contributed by atoms with Gasteiger partial charge in [-0.25, -0.2) is 9.78 Å². The van der Waals surface area contributed by atoms with Gasteiger partial charge < -0.3 is 9.84 Å². The second-order valence-corrected chi connectivity index (χ2v) is 5.37. The summed E-state index contributed by atoms with van der Waals surface area (Å²) in [7, 11) is 0. The lowest BCUT2D eigenvalue weighted by Gasteiger charge is -2.30. The molecule has 0 saturated heterocycles. The number of ether oxygens (including phenoxy) is 1. The van der Waals surface area contributed by atoms with Gasteiger partial charge in [-0.05, 0) is 26.8 Å². The normalized spacial score (nSPS) is 15.1. The van der Waals surface area contributed by atoms with E-state index >= 15 is 0 Å². The lowest BCUT2D eigenvalue weighted by molar-refractivity contribution is 0.0576. The van der Waals surface area contributed by atoms with Crippen LogP contribution in [-0.2, 0) is 4.74 Å². The topological polar surface area (TPSA) is 79.7 Å². The molecule has 6 nitrogen and oxygen atoms in total. The van der Waals surface area contributed by atoms with Gasteiger partial charge in [-0.15, -0.1) is 0 Å². The Morgan fingerprint density at radius 1 is 1.47 bits per heavy atom. The molecular weight excluding hydrogens is 248 g/mol. The maximum atomic E-state index is 12.1. The van der Waals surface area contributed by atoms with Crippen LogP contribution in [0.2, 0.25) is 0 Å². The number of rotatable bonds is 0. The van der Waals surface area contributed by atoms with Crippen molar-refractivity contribution in [2.75, 3.05) is 11.4 Å². The Morgan fingerprint density at radius 3 is 2.79 bits per heavy atom. The second kappa shape index (κ2) is 4.53. The van der Waals surface area contributed by atoms with Crippen LogP contribution >= 0.6 is 0 Å². The van der Waals surface area contributed by atoms with E-state index < -0.39 is 11.7 Å². The molecule has 0 aliphatic carbocycles. The molecule has 19 heavy (non-hydrogen) atoms. The molecule has 0 saturated carbocycles. The Morgan fingerprint density at radius 2 is 2.16 bits per heavy atom. The van der Waals surface area contributed by atoms with Crippen molar-refractivity contribution in [2.45, 2.75) is 32.8 Å². The first-order chi connectivity index (χ1) is 8.78. The molecule has 0 aromatic carbocycles. The van der Waals surface area contributed by atoms with Crippen molar-refractivity contribution in [2.24, 2.45) is 0 Å². The SMILES string of the molecule is CC(C)(C)OC(=O)N1CCC(=O)c2cc(O)cnc21. The monoisotopic (exact) mass is 264 g/mol. The summed E-state index contributed by atoms with van der Waals surface area (Å²) in [5.41, 5.74) is -0.368. The number of fused-ring (bicyclic) bond motifs is 1. The third-order valence-electron chi connectivity index (χ3n) is 2.58. The van der Waals surface area contributed by atoms with Crippen molar-refractivity contribution in [3.8, 4) is 5.75 Å². The van der Waals surface area contributed by atoms with Gasteiger partial charge >= 0.3 is 6.09 Å². The van der Waals surface area contributed by atoms with E-state index in [0.717, 1.165) is 0 Å². The van der Waals surface area contributed by atoms with E-state index in [0.29, 0.717) is 0 Å². The summed E-state index contributed by atoms with van der Waals surface area (Å²) in [5.74, 6) is -0.000326. The van der Waals surface area contributed by atoms with Crippen LogP contribution < -0.4 is 4.90 Å². The van der Waals surface area contributed by atoms with Gasteiger partial charge in [0, 0.05) is 13.0 Å². The van der Waals surface area contributed by atoms with Crippen molar-refractivity contribution in [3.63, 3.8) is 0 Å². The van der Waals surface area contributed by atoms with Gasteiger partial charge in [-0.2, -0.15) is 0 Å². The summed E-state index contributed by atoms with van der Waals surface area (Å²) in [4.78, 5) is 29.1. The molecular formula is C13H16N2O4. The number of anilines is 1. The first kappa shape index (κ1) is 13.3. The molecule has 1 aromatic rings. The van der Waals surface area contributed by atoms with Crippen molar-refractivity contribution in [3.05, 3.63) is 17.8 Å². The smallest absolute Gasteiger partial charge is 0.416 e. The van der Waals surface area contributed by atoms with E-state index in [2.05, 4.69) is 4.98 Å². The molecule has 0 fully saturated rings. The molecule has 102 valence electrons. The van der Waals surface area contributed by atoms with Crippen LogP contribution in [0.1, 0.15) is 37.6 Å². The highest BCUT2D eigenvalue weighted by Gasteiger charge is 2.31. The summed E-state index contributed by atoms with van der Waals surface area (Å²) in [5, 5.41) is 9.37. The van der Waals surface area contributed by atoms with E-state index in [1.807, 2.05) is 0 Å². The zero-order valence-electron chi connectivity index (χ0n) is 11.1. The van der Waals surface area contributed by atoms with Crippen LogP contribution in [0.3, 0.4) is 0 Å². The van der Waals surface area contributed by atoms with Crippen LogP contribution in [0.25, 0.3) is 0 Å². The Balaban J connectivity index is 2.33. The summed E-state index contributed by atoms with van der Waals surface area (Å²) in [6.45, 7) is 5.54. The number of nitrogens with zero attached hydrogens (tertiary/aromatic N) is 2. The van der Waals surface area contributed by atoms with Crippen LogP contribution in [-0.4, -0.2) is 34.1 Å². The highest BCUT2D eigenvalue weighted by Crippen LogP contribution is 2.28. The number of hydrogen-bond acceptors (Lipinski definition) is 5. The van der Waals surface area contributed by atoms with Crippen LogP contribution in [0.15, 0.2) is 12.3 Å². The van der Waals surface area contributed by atoms with E-state index in [-0.39, 0.29) is 35.9 Å². The quantitative estimate of drug-likeness (QED) is 0.776. The predicted octanol–water partition coefficient (Wildman–Crippen LogP) is 2.12. The molecule has 2 rings (SSSR count). The number of hydrogen-bond donors (Lipinski definition) is 1. The van der Waals surface area contributed by atoms with Crippen LogP contribution in [0.5, 0.6) is 5.75 Å². The maximum absolute atomic E-state index is 12.1. The number of pyridine rings is 1. The molecule has 1 N–H and O–H groups in total. The lowest BCUT2D eigenvalue weighted by atomic mass is 10.0. The minimum absolute atomic E-state index is 0.0989. The first-order valence-electron chi connectivity index (χ1n) is 6.00. The molecule has 6 heteroatoms. The van der Waals surface area contributed by atoms with Gasteiger partial charge in [0.25, 0.3) is 0 Å². The Kier molecular flexibility index (Phi) is 3.18. The third kappa shape index (κ3) is 2.83. The minimum atomic E-state index is -0.615. The van der Waals surface area contributed by atoms with Crippen molar-refractivity contribution >= 4 is 17.7 Å². The number of Topliss-reactive ketones (excluding diaryl/α,β-unsaturated/α-hetero) is 1. The number of amides is 1. The molecule has 0 unspecified atom stereocenters. The average molecular weight is 264 g/mol. The Bertz CT molecular complexity index is 534. The number of ketones is 1. The van der Waals surface area contributed by atoms with Gasteiger partial charge in [0.1, 0.15) is 17.2 Å². The third-order valence-corrected chi connectivity index (χ3v) is 2.58. The molecule has 1 amide bonds. The summed E-state index contributed by atoms with van der Waals surface area (Å²) in [6, 6.07) is 1.32. The maximum Gasteiger partial charge on any atom is 0.416 e. The van der Waals surface area contributed by atoms with E-state index in [4.69, 9.17) is 4.74 Å². The summed E-state index contributed by atoms with van der Waals surface area (Å²) >= 11 is 0. The zero-order chi connectivity index (χ0) is 14.2. The van der Waals surface area contributed by atoms with Gasteiger partial charge in [0.05, 0.1) is 11.8 Å². The fourth-order valence-electron chi connectivity index (χ4n) is 1.82. The van der Waals surface area contributed by atoms with Crippen molar-refractivity contribution in [1.29, 1.82) is 0 Å². The standard InChI is InChI=1S/C13H16N2O4/c1-13(2,3)19-12(18)15-5-4-10(17)9-6-8(16)7-14-11(9)15/h6-7,16H,4-5H2,1-3H3. The van der Waals surface area contributed by atoms with Gasteiger partial charge in [-0.3, -0.25) is 9.69 Å². The fraction of sp³-hybridized carbons (Fsp3) is 0.462. The van der Waals surface area contributed by atoms with Crippen LogP contribution in [0, 0.1) is 0 Å². The molecule has 1 aliphatic rings. The van der Waals surface area contributed by atoms with E-state index in [9.17, 15) is 14.7 Å². The van der Waals surface area contributed by atoms with Crippen LogP contribution in [0.4, 0.5) is 10.6 Å². The van der Waals surface area contributed by atoms with Gasteiger partial charge in [0.15, 0.2) is 5.78 Å². The Hall–Kier alpha value is -2.11. The molecule has 0 bridgehead atoms. The van der Waals surface area contributed by atoms with E-state index in [1.54, 1.807) is 20.8 Å². The number of carbonyl (C=O) groups excluding carboxylic acids is 2. The Labute approximate surface area is 111 Å². The number of aromatic nitrogens is 1. The number of carbonyl (C=O) groups is 2. The zero-order valence-corrected chi connectivity index (χ0v) is 11.1. The van der Waals surface area contributed by atoms with Gasteiger partial charge in [-0.1, -0.05) is 0 Å². The highest BCUT2D eigenvalue weighted by atomic mass is 16.6. The van der Waals surface area contributed by atoms with Gasteiger partial charge in [0.2, 0.25) is 0 Å². The average Bonchev–Trinajstić information content (AvgIpc) is 2.27. The summed E-state index contributed by atoms with van der Waals surface area (Å²) < 4.78 is 5.27. The predicted molar refractivity (Wildman–Crippen MR) is 68.4 cm³/mol. The van der Waals surface area contributed by atoms with Crippen molar-refractivity contribution in [1.82, 2.24) is 4.98 Å². The summed E-state index contributed by atoms with van der Waals surface area (Å²) in [6.07, 6.45) is 0.853. The minimum Gasteiger partial charge on any atom is -0.506 e. The molecule has 0 atom stereocenters. The lowest BCUT2D eigenvalue weighted by Crippen LogP contribution is -2.41. The fourth-order valence-corrected chi connectivity index (χ4v) is 1.82. The molecule has 0 spiro atoms. The first-order valence-corrected chi connectivity index (χ1v) is 6.00. The second-order valence-electron chi connectivity index (χ2n) is 5.37. The van der Waals surface area contributed by atoms with E-state index in [1.165, 1.54) is 17.2 Å². The molecule has 1 aromatic heterocycles. The highest BCUT2D eigenvalue weighted by molar-refractivity contribution is 6.06. The largest absolute Gasteiger partial charge is 0.506 e. The molecule has 0 radical (unpaired) electrons. The molecule has 1 aliphatic heterocycles. The van der Waals surface area contributed by atoms with Crippen molar-refractivity contribution < 1.29 is 19.4 Å². The molecule has 2 heterocycles. The number of aromatic hydroxyl groups is 1.